The number of hydrogen-bond donors (Lipinski definition) is 2. The fourth-order valence-corrected chi connectivity index (χ4v) is 2.06. The quantitative estimate of drug-likeness (QED) is 0.654. The zero-order valence-corrected chi connectivity index (χ0v) is 8.78. The predicted molar refractivity (Wildman–Crippen MR) is 54.7 cm³/mol. The minimum absolute atomic E-state index is 0.112. The molecule has 4 heteroatoms. The topological polar surface area (TPSA) is 66.6 Å². The van der Waals surface area contributed by atoms with Crippen LogP contribution in [-0.2, 0) is 4.79 Å². The summed E-state index contributed by atoms with van der Waals surface area (Å²) in [5, 5.41) is 8.98. The molecular weight excluding hydrogens is 180 g/mol. The molecule has 0 saturated carbocycles. The van der Waals surface area contributed by atoms with Crippen LogP contribution in [0, 0.1) is 5.92 Å². The number of carbonyl (C=O) groups is 1. The maximum Gasteiger partial charge on any atom is 0.223 e. The number of aliphatic hydroxyl groups excluding tert-OH is 1. The van der Waals surface area contributed by atoms with Crippen LogP contribution in [0.4, 0.5) is 0 Å². The van der Waals surface area contributed by atoms with Gasteiger partial charge in [0, 0.05) is 31.5 Å². The van der Waals surface area contributed by atoms with Crippen LogP contribution in [0.2, 0.25) is 0 Å². The summed E-state index contributed by atoms with van der Waals surface area (Å²) in [4.78, 5) is 13.5. The van der Waals surface area contributed by atoms with Crippen molar-refractivity contribution >= 4 is 5.91 Å². The molecule has 1 aliphatic heterocycles. The van der Waals surface area contributed by atoms with Gasteiger partial charge in [-0.3, -0.25) is 4.79 Å². The fourth-order valence-electron chi connectivity index (χ4n) is 2.06. The summed E-state index contributed by atoms with van der Waals surface area (Å²) in [6.45, 7) is 3.50. The maximum atomic E-state index is 11.6. The first-order valence-electron chi connectivity index (χ1n) is 5.33. The summed E-state index contributed by atoms with van der Waals surface area (Å²) in [6, 6.07) is 0.268. The van der Waals surface area contributed by atoms with Gasteiger partial charge in [0.25, 0.3) is 0 Å². The Bertz CT molecular complexity index is 197. The van der Waals surface area contributed by atoms with Gasteiger partial charge in [-0.05, 0) is 19.4 Å². The second-order valence-corrected chi connectivity index (χ2v) is 3.94. The lowest BCUT2D eigenvalue weighted by Gasteiger charge is -2.26. The molecule has 1 fully saturated rings. The number of likely N-dealkylation sites (tertiary alicyclic amines) is 1. The molecule has 1 aliphatic rings. The summed E-state index contributed by atoms with van der Waals surface area (Å²) >= 11 is 0. The van der Waals surface area contributed by atoms with Gasteiger partial charge in [0.2, 0.25) is 5.91 Å². The van der Waals surface area contributed by atoms with Crippen LogP contribution in [0.25, 0.3) is 0 Å². The van der Waals surface area contributed by atoms with Gasteiger partial charge in [-0.1, -0.05) is 6.92 Å². The minimum Gasteiger partial charge on any atom is -0.396 e. The van der Waals surface area contributed by atoms with E-state index in [2.05, 4.69) is 6.92 Å². The van der Waals surface area contributed by atoms with Crippen molar-refractivity contribution in [3.63, 3.8) is 0 Å². The van der Waals surface area contributed by atoms with Crippen molar-refractivity contribution in [2.24, 2.45) is 11.7 Å². The maximum absolute atomic E-state index is 11.6. The lowest BCUT2D eigenvalue weighted by molar-refractivity contribution is -0.129. The summed E-state index contributed by atoms with van der Waals surface area (Å²) in [5.41, 5.74) is 5.50. The highest BCUT2D eigenvalue weighted by molar-refractivity contribution is 5.79. The number of carbonyl (C=O) groups excluding carboxylic acids is 1. The summed E-state index contributed by atoms with van der Waals surface area (Å²) in [5.74, 6) is 0.304. The van der Waals surface area contributed by atoms with Gasteiger partial charge in [-0.2, -0.15) is 0 Å². The molecule has 82 valence electrons. The lowest BCUT2D eigenvalue weighted by atomic mass is 10.1. The molecule has 1 amide bonds. The van der Waals surface area contributed by atoms with Crippen molar-refractivity contribution in [1.82, 2.24) is 4.90 Å². The van der Waals surface area contributed by atoms with Gasteiger partial charge in [-0.15, -0.1) is 0 Å². The van der Waals surface area contributed by atoms with Crippen LogP contribution in [0.1, 0.15) is 26.2 Å². The van der Waals surface area contributed by atoms with Crippen LogP contribution < -0.4 is 5.73 Å². The average molecular weight is 200 g/mol. The van der Waals surface area contributed by atoms with E-state index >= 15 is 0 Å². The van der Waals surface area contributed by atoms with Gasteiger partial charge in [0.1, 0.15) is 0 Å². The number of aliphatic hydroxyl groups is 1. The third kappa shape index (κ3) is 2.45. The van der Waals surface area contributed by atoms with Crippen LogP contribution in [0.15, 0.2) is 0 Å². The van der Waals surface area contributed by atoms with E-state index in [0.29, 0.717) is 19.5 Å². The summed E-state index contributed by atoms with van der Waals surface area (Å²) in [7, 11) is 0. The molecule has 1 saturated heterocycles. The monoisotopic (exact) mass is 200 g/mol. The van der Waals surface area contributed by atoms with E-state index in [1.807, 2.05) is 4.90 Å². The molecule has 1 rings (SSSR count). The van der Waals surface area contributed by atoms with Gasteiger partial charge in [0.15, 0.2) is 0 Å². The van der Waals surface area contributed by atoms with Gasteiger partial charge in [-0.25, -0.2) is 0 Å². The zero-order valence-electron chi connectivity index (χ0n) is 8.78. The molecule has 0 aromatic carbocycles. The second kappa shape index (κ2) is 5.32. The van der Waals surface area contributed by atoms with Crippen molar-refractivity contribution in [1.29, 1.82) is 0 Å². The largest absolute Gasteiger partial charge is 0.396 e. The minimum atomic E-state index is 0.112. The Morgan fingerprint density at radius 3 is 2.86 bits per heavy atom. The van der Waals surface area contributed by atoms with Crippen molar-refractivity contribution in [3.8, 4) is 0 Å². The smallest absolute Gasteiger partial charge is 0.223 e. The predicted octanol–water partition coefficient (Wildman–Crippen LogP) is -0.0454. The van der Waals surface area contributed by atoms with Crippen LogP contribution >= 0.6 is 0 Å². The molecule has 0 aromatic heterocycles. The number of nitrogens with zero attached hydrogens (tertiary/aromatic N) is 1. The highest BCUT2D eigenvalue weighted by Crippen LogP contribution is 2.22. The Morgan fingerprint density at radius 2 is 2.43 bits per heavy atom. The molecule has 0 radical (unpaired) electrons. The van der Waals surface area contributed by atoms with Crippen LogP contribution in [0.5, 0.6) is 0 Å². The van der Waals surface area contributed by atoms with E-state index in [1.54, 1.807) is 0 Å². The SMILES string of the molecule is CCC(CCN)N1CC(CO)CC1=O. The molecule has 0 aromatic rings. The molecule has 0 aliphatic carbocycles. The third-order valence-electron chi connectivity index (χ3n) is 2.91. The third-order valence-corrected chi connectivity index (χ3v) is 2.91. The average Bonchev–Trinajstić information content (AvgIpc) is 2.56. The van der Waals surface area contributed by atoms with Gasteiger partial charge >= 0.3 is 0 Å². The van der Waals surface area contributed by atoms with Crippen molar-refractivity contribution in [2.45, 2.75) is 32.2 Å². The number of hydrogen-bond acceptors (Lipinski definition) is 3. The first-order chi connectivity index (χ1) is 6.72. The first-order valence-corrected chi connectivity index (χ1v) is 5.33. The van der Waals surface area contributed by atoms with E-state index in [0.717, 1.165) is 12.8 Å². The second-order valence-electron chi connectivity index (χ2n) is 3.94. The van der Waals surface area contributed by atoms with E-state index in [4.69, 9.17) is 10.8 Å². The highest BCUT2D eigenvalue weighted by Gasteiger charge is 2.32. The molecule has 4 nitrogen and oxygen atoms in total. The van der Waals surface area contributed by atoms with Crippen molar-refractivity contribution in [2.75, 3.05) is 19.7 Å². The summed E-state index contributed by atoms with van der Waals surface area (Å²) in [6.07, 6.45) is 2.30. The normalized spacial score (nSPS) is 24.4. The Kier molecular flexibility index (Phi) is 4.35. The standard InChI is InChI=1S/C10H20N2O2/c1-2-9(3-4-11)12-6-8(7-13)5-10(12)14/h8-9,13H,2-7,11H2,1H3. The lowest BCUT2D eigenvalue weighted by Crippen LogP contribution is -2.37. The molecule has 1 heterocycles. The summed E-state index contributed by atoms with van der Waals surface area (Å²) < 4.78 is 0. The number of amides is 1. The first kappa shape index (κ1) is 11.5. The number of rotatable bonds is 5. The molecule has 2 atom stereocenters. The van der Waals surface area contributed by atoms with Gasteiger partial charge in [0.05, 0.1) is 0 Å². The van der Waals surface area contributed by atoms with E-state index in [9.17, 15) is 4.79 Å². The van der Waals surface area contributed by atoms with Crippen molar-refractivity contribution in [3.05, 3.63) is 0 Å². The van der Waals surface area contributed by atoms with Crippen molar-refractivity contribution < 1.29 is 9.90 Å². The zero-order chi connectivity index (χ0) is 10.6. The molecule has 0 bridgehead atoms. The fraction of sp³-hybridized carbons (Fsp3) is 0.900. The van der Waals surface area contributed by atoms with Gasteiger partial charge < -0.3 is 15.7 Å². The van der Waals surface area contributed by atoms with Crippen LogP contribution in [0.3, 0.4) is 0 Å². The Morgan fingerprint density at radius 1 is 1.71 bits per heavy atom. The molecule has 3 N–H and O–H groups in total. The Balaban J connectivity index is 2.53. The molecule has 2 unspecified atom stereocenters. The Hall–Kier alpha value is -0.610. The molecular formula is C10H20N2O2. The highest BCUT2D eigenvalue weighted by atomic mass is 16.3. The van der Waals surface area contributed by atoms with E-state index in [-0.39, 0.29) is 24.5 Å². The van der Waals surface area contributed by atoms with E-state index in [1.165, 1.54) is 0 Å². The number of nitrogens with two attached hydrogens (primary N) is 1. The molecule has 0 spiro atoms. The Labute approximate surface area is 85.1 Å². The van der Waals surface area contributed by atoms with E-state index < -0.39 is 0 Å². The molecule has 14 heavy (non-hydrogen) atoms. The van der Waals surface area contributed by atoms with Crippen LogP contribution in [-0.4, -0.2) is 41.7 Å².